The molecule has 1 amide bonds. The zero-order valence-electron chi connectivity index (χ0n) is 16.0. The number of hydrogen-bond acceptors (Lipinski definition) is 3. The number of benzene rings is 3. The van der Waals surface area contributed by atoms with Crippen LogP contribution in [-0.2, 0) is 4.79 Å². The van der Waals surface area contributed by atoms with E-state index in [1.54, 1.807) is 6.92 Å². The Bertz CT molecular complexity index is 936. The van der Waals surface area contributed by atoms with Crippen LogP contribution in [0.4, 0.5) is 0 Å². The fourth-order valence-corrected chi connectivity index (χ4v) is 2.84. The lowest BCUT2D eigenvalue weighted by Gasteiger charge is -2.16. The second kappa shape index (κ2) is 8.58. The predicted octanol–water partition coefficient (Wildman–Crippen LogP) is 4.42. The van der Waals surface area contributed by atoms with Gasteiger partial charge in [-0.1, -0.05) is 42.5 Å². The van der Waals surface area contributed by atoms with Crippen LogP contribution >= 0.6 is 0 Å². The number of fused-ring (bicyclic) bond motifs is 1. The molecule has 3 aromatic rings. The van der Waals surface area contributed by atoms with E-state index in [9.17, 15) is 4.79 Å². The van der Waals surface area contributed by atoms with Crippen LogP contribution in [0, 0.1) is 13.8 Å². The normalized spacial score (nSPS) is 11.8. The number of hydrogen-bond donors (Lipinski definition) is 1. The highest BCUT2D eigenvalue weighted by molar-refractivity contribution is 5.84. The van der Waals surface area contributed by atoms with Gasteiger partial charge in [0, 0.05) is 0 Å². The van der Waals surface area contributed by atoms with Crippen molar-refractivity contribution in [2.24, 2.45) is 0 Å². The van der Waals surface area contributed by atoms with Crippen molar-refractivity contribution < 1.29 is 14.3 Å². The maximum absolute atomic E-state index is 12.3. The van der Waals surface area contributed by atoms with Gasteiger partial charge < -0.3 is 14.8 Å². The third kappa shape index (κ3) is 5.00. The summed E-state index contributed by atoms with van der Waals surface area (Å²) in [5.74, 6) is 1.38. The minimum Gasteiger partial charge on any atom is -0.491 e. The summed E-state index contributed by atoms with van der Waals surface area (Å²) < 4.78 is 11.5. The van der Waals surface area contributed by atoms with E-state index in [4.69, 9.17) is 9.47 Å². The van der Waals surface area contributed by atoms with Crippen molar-refractivity contribution in [1.82, 2.24) is 5.32 Å². The summed E-state index contributed by atoms with van der Waals surface area (Å²) in [5, 5.41) is 5.09. The van der Waals surface area contributed by atoms with Crippen LogP contribution in [0.15, 0.2) is 60.7 Å². The topological polar surface area (TPSA) is 47.6 Å². The molecule has 0 saturated carbocycles. The van der Waals surface area contributed by atoms with Crippen LogP contribution in [0.2, 0.25) is 0 Å². The Morgan fingerprint density at radius 2 is 1.78 bits per heavy atom. The summed E-state index contributed by atoms with van der Waals surface area (Å²) in [6, 6.07) is 20.0. The van der Waals surface area contributed by atoms with Crippen molar-refractivity contribution in [3.63, 3.8) is 0 Å². The Morgan fingerprint density at radius 1 is 1.00 bits per heavy atom. The van der Waals surface area contributed by atoms with Gasteiger partial charge in [0.1, 0.15) is 18.1 Å². The second-order valence-corrected chi connectivity index (χ2v) is 6.68. The largest absolute Gasteiger partial charge is 0.491 e. The van der Waals surface area contributed by atoms with Crippen molar-refractivity contribution in [1.29, 1.82) is 0 Å². The molecule has 0 aromatic heterocycles. The van der Waals surface area contributed by atoms with Crippen LogP contribution < -0.4 is 14.8 Å². The summed E-state index contributed by atoms with van der Waals surface area (Å²) in [5.41, 5.74) is 2.23. The molecular formula is C23H25NO3. The molecule has 27 heavy (non-hydrogen) atoms. The van der Waals surface area contributed by atoms with Gasteiger partial charge in [-0.2, -0.15) is 0 Å². The summed E-state index contributed by atoms with van der Waals surface area (Å²) >= 11 is 0. The molecule has 0 radical (unpaired) electrons. The number of amides is 1. The van der Waals surface area contributed by atoms with E-state index in [1.807, 2.05) is 68.4 Å². The smallest absolute Gasteiger partial charge is 0.260 e. The van der Waals surface area contributed by atoms with Gasteiger partial charge in [-0.3, -0.25) is 4.79 Å². The molecular weight excluding hydrogens is 338 g/mol. The molecule has 1 N–H and O–H groups in total. The highest BCUT2D eigenvalue weighted by atomic mass is 16.5. The molecule has 0 saturated heterocycles. The first-order chi connectivity index (χ1) is 13.0. The minimum absolute atomic E-state index is 0.160. The molecule has 0 aliphatic rings. The highest BCUT2D eigenvalue weighted by Crippen LogP contribution is 2.21. The zero-order chi connectivity index (χ0) is 19.2. The van der Waals surface area contributed by atoms with E-state index in [0.29, 0.717) is 18.9 Å². The molecule has 140 valence electrons. The molecule has 0 fully saturated rings. The van der Waals surface area contributed by atoms with Gasteiger partial charge >= 0.3 is 0 Å². The van der Waals surface area contributed by atoms with Crippen LogP contribution in [0.5, 0.6) is 11.5 Å². The molecule has 4 heteroatoms. The average molecular weight is 363 g/mol. The van der Waals surface area contributed by atoms with Crippen LogP contribution in [0.25, 0.3) is 10.8 Å². The van der Waals surface area contributed by atoms with Crippen LogP contribution in [0.3, 0.4) is 0 Å². The van der Waals surface area contributed by atoms with Gasteiger partial charge in [-0.05, 0) is 60.9 Å². The molecule has 0 aliphatic carbocycles. The summed E-state index contributed by atoms with van der Waals surface area (Å²) in [6.45, 7) is 6.62. The number of carbonyl (C=O) groups excluding carboxylic acids is 1. The maximum Gasteiger partial charge on any atom is 0.260 e. The first-order valence-corrected chi connectivity index (χ1v) is 9.16. The Balaban J connectivity index is 1.47. The Hall–Kier alpha value is -3.01. The first-order valence-electron chi connectivity index (χ1n) is 9.16. The fraction of sp³-hybridized carbons (Fsp3) is 0.261. The van der Waals surface area contributed by atoms with Gasteiger partial charge in [-0.15, -0.1) is 0 Å². The molecule has 0 heterocycles. The molecule has 3 aromatic carbocycles. The zero-order valence-corrected chi connectivity index (χ0v) is 16.0. The van der Waals surface area contributed by atoms with E-state index in [0.717, 1.165) is 27.6 Å². The monoisotopic (exact) mass is 363 g/mol. The van der Waals surface area contributed by atoms with Gasteiger partial charge in [0.25, 0.3) is 5.91 Å². The number of ether oxygens (including phenoxy) is 2. The van der Waals surface area contributed by atoms with Crippen molar-refractivity contribution in [2.75, 3.05) is 13.2 Å². The standard InChI is InChI=1S/C23H25NO3/c1-16-8-9-17(2)22(14-16)26-13-12-24-23(25)18(3)27-21-11-10-19-6-4-5-7-20(19)15-21/h4-11,14-15,18H,12-13H2,1-3H3,(H,24,25)/t18-/m1/s1. The third-order valence-electron chi connectivity index (χ3n) is 4.41. The van der Waals surface area contributed by atoms with Gasteiger partial charge in [0.2, 0.25) is 0 Å². The quantitative estimate of drug-likeness (QED) is 0.632. The molecule has 0 unspecified atom stereocenters. The minimum atomic E-state index is -0.577. The number of nitrogens with one attached hydrogen (secondary N) is 1. The first kappa shape index (κ1) is 18.8. The lowest BCUT2D eigenvalue weighted by atomic mass is 10.1. The average Bonchev–Trinajstić information content (AvgIpc) is 2.67. The lowest BCUT2D eigenvalue weighted by Crippen LogP contribution is -2.38. The summed E-state index contributed by atoms with van der Waals surface area (Å²) in [4.78, 5) is 12.3. The van der Waals surface area contributed by atoms with E-state index in [1.165, 1.54) is 0 Å². The summed E-state index contributed by atoms with van der Waals surface area (Å²) in [7, 11) is 0. The molecule has 4 nitrogen and oxygen atoms in total. The second-order valence-electron chi connectivity index (χ2n) is 6.68. The van der Waals surface area contributed by atoms with E-state index in [-0.39, 0.29) is 5.91 Å². The predicted molar refractivity (Wildman–Crippen MR) is 108 cm³/mol. The van der Waals surface area contributed by atoms with Crippen molar-refractivity contribution in [3.05, 3.63) is 71.8 Å². The highest BCUT2D eigenvalue weighted by Gasteiger charge is 2.14. The number of rotatable bonds is 7. The maximum atomic E-state index is 12.3. The molecule has 0 bridgehead atoms. The number of carbonyl (C=O) groups is 1. The van der Waals surface area contributed by atoms with E-state index >= 15 is 0 Å². The van der Waals surface area contributed by atoms with Crippen LogP contribution in [0.1, 0.15) is 18.1 Å². The Labute approximate surface area is 160 Å². The fourth-order valence-electron chi connectivity index (χ4n) is 2.84. The molecule has 0 aliphatic heterocycles. The third-order valence-corrected chi connectivity index (χ3v) is 4.41. The Kier molecular flexibility index (Phi) is 5.97. The van der Waals surface area contributed by atoms with Crippen LogP contribution in [-0.4, -0.2) is 25.2 Å². The van der Waals surface area contributed by atoms with Gasteiger partial charge in [0.15, 0.2) is 6.10 Å². The van der Waals surface area contributed by atoms with Gasteiger partial charge in [-0.25, -0.2) is 0 Å². The lowest BCUT2D eigenvalue weighted by molar-refractivity contribution is -0.127. The van der Waals surface area contributed by atoms with E-state index in [2.05, 4.69) is 11.4 Å². The van der Waals surface area contributed by atoms with E-state index < -0.39 is 6.10 Å². The SMILES string of the molecule is Cc1ccc(C)c(OCCNC(=O)[C@@H](C)Oc2ccc3ccccc3c2)c1. The molecule has 1 atom stereocenters. The van der Waals surface area contributed by atoms with Crippen molar-refractivity contribution >= 4 is 16.7 Å². The number of aryl methyl sites for hydroxylation is 2. The Morgan fingerprint density at radius 3 is 2.59 bits per heavy atom. The van der Waals surface area contributed by atoms with Crippen molar-refractivity contribution in [3.8, 4) is 11.5 Å². The van der Waals surface area contributed by atoms with Gasteiger partial charge in [0.05, 0.1) is 6.54 Å². The molecule has 0 spiro atoms. The molecule has 3 rings (SSSR count). The van der Waals surface area contributed by atoms with Crippen molar-refractivity contribution in [2.45, 2.75) is 26.9 Å². The summed E-state index contributed by atoms with van der Waals surface area (Å²) in [6.07, 6.45) is -0.577.